The number of halogens is 1. The van der Waals surface area contributed by atoms with E-state index in [9.17, 15) is 9.90 Å². The van der Waals surface area contributed by atoms with Gasteiger partial charge < -0.3 is 9.84 Å². The summed E-state index contributed by atoms with van der Waals surface area (Å²) in [6.07, 6.45) is -2.22. The van der Waals surface area contributed by atoms with E-state index in [1.165, 1.54) is 0 Å². The van der Waals surface area contributed by atoms with Gasteiger partial charge in [0, 0.05) is 10.6 Å². The van der Waals surface area contributed by atoms with E-state index in [1.807, 2.05) is 30.3 Å². The normalized spacial score (nSPS) is 19.4. The zero-order valence-electron chi connectivity index (χ0n) is 13.4. The highest BCUT2D eigenvalue weighted by atomic mass is 35.5. The van der Waals surface area contributed by atoms with Gasteiger partial charge >= 0.3 is 0 Å². The zero-order valence-corrected chi connectivity index (χ0v) is 14.1. The van der Waals surface area contributed by atoms with Crippen LogP contribution in [0.4, 0.5) is 0 Å². The number of fused-ring (bicyclic) bond motifs is 1. The summed E-state index contributed by atoms with van der Waals surface area (Å²) in [7, 11) is 0. The van der Waals surface area contributed by atoms with E-state index in [1.54, 1.807) is 35.9 Å². The summed E-state index contributed by atoms with van der Waals surface area (Å²) in [6.45, 7) is 1.72. The fraction of sp³-hybridized carbons (Fsp3) is 0.158. The molecular formula is C19H15ClN2O3. The first kappa shape index (κ1) is 15.9. The molecule has 126 valence electrons. The zero-order chi connectivity index (χ0) is 17.6. The molecule has 6 heteroatoms. The summed E-state index contributed by atoms with van der Waals surface area (Å²) in [4.78, 5) is 12.8. The number of carbonyl (C=O) groups excluding carboxylic acids is 1. The van der Waals surface area contributed by atoms with E-state index in [2.05, 4.69) is 5.10 Å². The smallest absolute Gasteiger partial charge is 0.228 e. The topological polar surface area (TPSA) is 64.4 Å². The van der Waals surface area contributed by atoms with E-state index in [4.69, 9.17) is 16.3 Å². The first-order valence-electron chi connectivity index (χ1n) is 7.86. The van der Waals surface area contributed by atoms with Gasteiger partial charge in [-0.2, -0.15) is 5.10 Å². The van der Waals surface area contributed by atoms with E-state index in [-0.39, 0.29) is 0 Å². The molecule has 1 aromatic heterocycles. The standard InChI is InChI=1S/C19H15ClN2O3/c1-11-15-16(23)17(24)18(13-9-5-6-10-14(13)20)25-19(15)22(21-11)12-7-3-2-4-8-12/h2-10,17-18,24H,1H3/t17-,18+/m1/s1. The number of hydrogen-bond donors (Lipinski definition) is 1. The second kappa shape index (κ2) is 6.02. The van der Waals surface area contributed by atoms with Gasteiger partial charge in [0.2, 0.25) is 11.7 Å². The average molecular weight is 355 g/mol. The lowest BCUT2D eigenvalue weighted by Crippen LogP contribution is -2.36. The molecule has 5 nitrogen and oxygen atoms in total. The third-order valence-electron chi connectivity index (χ3n) is 4.27. The van der Waals surface area contributed by atoms with Crippen molar-refractivity contribution in [1.82, 2.24) is 9.78 Å². The number of ether oxygens (including phenoxy) is 1. The van der Waals surface area contributed by atoms with Gasteiger partial charge in [-0.05, 0) is 25.1 Å². The van der Waals surface area contributed by atoms with Crippen LogP contribution < -0.4 is 4.74 Å². The van der Waals surface area contributed by atoms with Gasteiger partial charge in [0.1, 0.15) is 5.56 Å². The maximum atomic E-state index is 12.8. The predicted molar refractivity (Wildman–Crippen MR) is 93.5 cm³/mol. The lowest BCUT2D eigenvalue weighted by molar-refractivity contribution is 0.0188. The Kier molecular flexibility index (Phi) is 3.82. The summed E-state index contributed by atoms with van der Waals surface area (Å²) in [6, 6.07) is 16.4. The molecule has 1 N–H and O–H groups in total. The fourth-order valence-corrected chi connectivity index (χ4v) is 3.30. The molecule has 3 aromatic rings. The van der Waals surface area contributed by atoms with Gasteiger partial charge in [-0.3, -0.25) is 4.79 Å². The number of aromatic nitrogens is 2. The Morgan fingerprint density at radius 3 is 2.52 bits per heavy atom. The molecule has 25 heavy (non-hydrogen) atoms. The maximum absolute atomic E-state index is 12.8. The summed E-state index contributed by atoms with van der Waals surface area (Å²) in [5, 5.41) is 15.4. The van der Waals surface area contributed by atoms with E-state index in [0.29, 0.717) is 27.7 Å². The van der Waals surface area contributed by atoms with E-state index >= 15 is 0 Å². The van der Waals surface area contributed by atoms with E-state index in [0.717, 1.165) is 5.69 Å². The van der Waals surface area contributed by atoms with Crippen LogP contribution in [0.2, 0.25) is 5.02 Å². The van der Waals surface area contributed by atoms with Crippen molar-refractivity contribution in [2.45, 2.75) is 19.1 Å². The molecule has 0 saturated carbocycles. The number of ketones is 1. The lowest BCUT2D eigenvalue weighted by Gasteiger charge is -2.29. The quantitative estimate of drug-likeness (QED) is 0.764. The highest BCUT2D eigenvalue weighted by Crippen LogP contribution is 2.39. The molecule has 0 aliphatic carbocycles. The molecule has 0 bridgehead atoms. The van der Waals surface area contributed by atoms with Crippen LogP contribution in [0.1, 0.15) is 27.7 Å². The van der Waals surface area contributed by atoms with Crippen LogP contribution in [0.5, 0.6) is 5.88 Å². The van der Waals surface area contributed by atoms with Gasteiger partial charge in [-0.15, -0.1) is 0 Å². The van der Waals surface area contributed by atoms with Crippen molar-refractivity contribution in [3.8, 4) is 11.6 Å². The molecule has 0 unspecified atom stereocenters. The monoisotopic (exact) mass is 354 g/mol. The number of para-hydroxylation sites is 1. The van der Waals surface area contributed by atoms with Crippen molar-refractivity contribution in [2.75, 3.05) is 0 Å². The molecule has 1 aliphatic rings. The number of nitrogens with zero attached hydrogens (tertiary/aromatic N) is 2. The van der Waals surface area contributed by atoms with Gasteiger partial charge in [-0.1, -0.05) is 48.0 Å². The molecule has 0 fully saturated rings. The van der Waals surface area contributed by atoms with Crippen LogP contribution in [0.15, 0.2) is 54.6 Å². The van der Waals surface area contributed by atoms with Gasteiger partial charge in [0.15, 0.2) is 12.2 Å². The largest absolute Gasteiger partial charge is 0.465 e. The summed E-state index contributed by atoms with van der Waals surface area (Å²) < 4.78 is 7.61. The van der Waals surface area contributed by atoms with Gasteiger partial charge in [0.25, 0.3) is 0 Å². The van der Waals surface area contributed by atoms with Crippen molar-refractivity contribution in [3.05, 3.63) is 76.4 Å². The Balaban J connectivity index is 1.86. The summed E-state index contributed by atoms with van der Waals surface area (Å²) in [5.41, 5.74) is 2.16. The SMILES string of the molecule is Cc1nn(-c2ccccc2)c2c1C(=O)[C@@H](O)[C@H](c1ccccc1Cl)O2. The number of carbonyl (C=O) groups is 1. The van der Waals surface area contributed by atoms with Crippen LogP contribution in [0.3, 0.4) is 0 Å². The van der Waals surface area contributed by atoms with Gasteiger partial charge in [-0.25, -0.2) is 4.68 Å². The second-order valence-electron chi connectivity index (χ2n) is 5.88. The lowest BCUT2D eigenvalue weighted by atomic mass is 9.94. The highest BCUT2D eigenvalue weighted by Gasteiger charge is 2.41. The summed E-state index contributed by atoms with van der Waals surface area (Å²) in [5.74, 6) is -0.0882. The van der Waals surface area contributed by atoms with Crippen molar-refractivity contribution in [3.63, 3.8) is 0 Å². The molecule has 2 aromatic carbocycles. The first-order valence-corrected chi connectivity index (χ1v) is 8.24. The number of aliphatic hydroxyl groups is 1. The minimum atomic E-state index is -1.33. The molecule has 2 heterocycles. The van der Waals surface area contributed by atoms with Crippen LogP contribution in [-0.2, 0) is 0 Å². The van der Waals surface area contributed by atoms with E-state index < -0.39 is 18.0 Å². The van der Waals surface area contributed by atoms with Crippen molar-refractivity contribution >= 4 is 17.4 Å². The Bertz CT molecular complexity index is 953. The Morgan fingerprint density at radius 2 is 1.80 bits per heavy atom. The van der Waals surface area contributed by atoms with Crippen LogP contribution in [0, 0.1) is 6.92 Å². The first-order chi connectivity index (χ1) is 12.1. The minimum absolute atomic E-state index is 0.305. The van der Waals surface area contributed by atoms with Crippen LogP contribution in [0.25, 0.3) is 5.69 Å². The molecule has 0 spiro atoms. The molecule has 4 rings (SSSR count). The molecule has 0 amide bonds. The molecule has 2 atom stereocenters. The van der Waals surface area contributed by atoms with Crippen molar-refractivity contribution in [2.24, 2.45) is 0 Å². The third-order valence-corrected chi connectivity index (χ3v) is 4.62. The number of aryl methyl sites for hydroxylation is 1. The number of hydrogen-bond acceptors (Lipinski definition) is 4. The maximum Gasteiger partial charge on any atom is 0.228 e. The third kappa shape index (κ3) is 2.52. The van der Waals surface area contributed by atoms with Crippen molar-refractivity contribution < 1.29 is 14.6 Å². The number of aliphatic hydroxyl groups excluding tert-OH is 1. The second-order valence-corrected chi connectivity index (χ2v) is 6.29. The number of Topliss-reactive ketones (excluding diaryl/α,β-unsaturated/α-hetero) is 1. The van der Waals surface area contributed by atoms with Crippen LogP contribution >= 0.6 is 11.6 Å². The van der Waals surface area contributed by atoms with Gasteiger partial charge in [0.05, 0.1) is 11.4 Å². The molecular weight excluding hydrogens is 340 g/mol. The number of rotatable bonds is 2. The molecule has 0 saturated heterocycles. The minimum Gasteiger partial charge on any atom is -0.465 e. The van der Waals surface area contributed by atoms with Crippen molar-refractivity contribution in [1.29, 1.82) is 0 Å². The predicted octanol–water partition coefficient (Wildman–Crippen LogP) is 3.51. The summed E-state index contributed by atoms with van der Waals surface area (Å²) >= 11 is 6.23. The average Bonchev–Trinajstić information content (AvgIpc) is 2.96. The Labute approximate surface area is 149 Å². The fourth-order valence-electron chi connectivity index (χ4n) is 3.05. The molecule has 0 radical (unpaired) electrons. The Morgan fingerprint density at radius 1 is 1.12 bits per heavy atom. The van der Waals surface area contributed by atoms with Crippen LogP contribution in [-0.4, -0.2) is 26.8 Å². The Hall–Kier alpha value is -2.63. The number of benzene rings is 2. The molecule has 1 aliphatic heterocycles. The highest BCUT2D eigenvalue weighted by molar-refractivity contribution is 6.31.